The number of nitrogens with zero attached hydrogens (tertiary/aromatic N) is 4. The van der Waals surface area contributed by atoms with Gasteiger partial charge in [-0.3, -0.25) is 29.8 Å². The summed E-state index contributed by atoms with van der Waals surface area (Å²) in [6.07, 6.45) is 0. The number of halogens is 2. The van der Waals surface area contributed by atoms with E-state index in [1.807, 2.05) is 0 Å². The molecule has 0 heterocycles. The highest BCUT2D eigenvalue weighted by Crippen LogP contribution is 2.25. The molecule has 0 saturated heterocycles. The van der Waals surface area contributed by atoms with Gasteiger partial charge in [0.2, 0.25) is 0 Å². The molecule has 18 heteroatoms. The van der Waals surface area contributed by atoms with E-state index in [2.05, 4.69) is 10.6 Å². The van der Waals surface area contributed by atoms with Gasteiger partial charge >= 0.3 is 0 Å². The number of aliphatic hydroxyl groups is 2. The zero-order valence-electron chi connectivity index (χ0n) is 29.0. The van der Waals surface area contributed by atoms with E-state index in [9.17, 15) is 48.8 Å². The number of anilines is 2. The van der Waals surface area contributed by atoms with Gasteiger partial charge in [-0.2, -0.15) is 10.5 Å². The molecule has 0 spiro atoms. The van der Waals surface area contributed by atoms with Gasteiger partial charge in [-0.25, -0.2) is 8.78 Å². The Kier molecular flexibility index (Phi) is 13.4. The molecular weight excluding hydrogens is 714 g/mol. The predicted molar refractivity (Wildman–Crippen MR) is 187 cm³/mol. The first kappa shape index (κ1) is 41.4. The number of aryl methyl sites for hydroxylation is 2. The monoisotopic (exact) mass is 746 g/mol. The minimum Gasteiger partial charge on any atom is -0.490 e. The summed E-state index contributed by atoms with van der Waals surface area (Å²) in [4.78, 5) is 45.1. The van der Waals surface area contributed by atoms with E-state index in [0.29, 0.717) is 11.1 Å². The average molecular weight is 747 g/mol. The summed E-state index contributed by atoms with van der Waals surface area (Å²) in [6.45, 7) is 4.51. The molecule has 0 aliphatic carbocycles. The lowest BCUT2D eigenvalue weighted by Crippen LogP contribution is -2.45. The Morgan fingerprint density at radius 3 is 1.33 bits per heavy atom. The first-order valence-corrected chi connectivity index (χ1v) is 15.5. The molecule has 54 heavy (non-hydrogen) atoms. The Labute approximate surface area is 306 Å². The van der Waals surface area contributed by atoms with Crippen LogP contribution in [0.2, 0.25) is 0 Å². The van der Waals surface area contributed by atoms with Gasteiger partial charge in [0.15, 0.2) is 11.2 Å². The minimum absolute atomic E-state index is 0.0470. The van der Waals surface area contributed by atoms with Gasteiger partial charge < -0.3 is 30.3 Å². The lowest BCUT2D eigenvalue weighted by atomic mass is 10.1. The van der Waals surface area contributed by atoms with E-state index in [-0.39, 0.29) is 45.4 Å². The fourth-order valence-corrected chi connectivity index (χ4v) is 4.34. The van der Waals surface area contributed by atoms with Gasteiger partial charge in [0.05, 0.1) is 21.0 Å². The molecule has 0 aliphatic rings. The Bertz CT molecular complexity index is 2030. The van der Waals surface area contributed by atoms with Crippen molar-refractivity contribution in [2.24, 2.45) is 0 Å². The molecule has 0 aliphatic heterocycles. The number of nitrogens with one attached hydrogen (secondary N) is 2. The molecule has 0 aromatic heterocycles. The lowest BCUT2D eigenvalue weighted by molar-refractivity contribution is -0.385. The van der Waals surface area contributed by atoms with Crippen molar-refractivity contribution in [3.8, 4) is 23.6 Å². The summed E-state index contributed by atoms with van der Waals surface area (Å²) in [5.74, 6) is -3.06. The summed E-state index contributed by atoms with van der Waals surface area (Å²) < 4.78 is 37.6. The molecule has 4 aromatic carbocycles. The van der Waals surface area contributed by atoms with Crippen LogP contribution in [0, 0.1) is 68.4 Å². The maximum atomic E-state index is 13.6. The number of ether oxygens (including phenoxy) is 2. The Morgan fingerprint density at radius 1 is 0.704 bits per heavy atom. The lowest BCUT2D eigenvalue weighted by Gasteiger charge is -2.22. The Hall–Kier alpha value is -7.02. The summed E-state index contributed by atoms with van der Waals surface area (Å²) in [5.41, 5.74) is -3.16. The van der Waals surface area contributed by atoms with Gasteiger partial charge in [0.25, 0.3) is 23.2 Å². The van der Waals surface area contributed by atoms with Crippen LogP contribution in [-0.2, 0) is 9.59 Å². The summed E-state index contributed by atoms with van der Waals surface area (Å²) >= 11 is 0. The largest absolute Gasteiger partial charge is 0.490 e. The molecule has 4 aromatic rings. The summed E-state index contributed by atoms with van der Waals surface area (Å²) in [6, 6.07) is 18.4. The first-order valence-electron chi connectivity index (χ1n) is 15.5. The third kappa shape index (κ3) is 11.0. The van der Waals surface area contributed by atoms with Crippen molar-refractivity contribution in [1.82, 2.24) is 0 Å². The fraction of sp³-hybridized carbons (Fsp3) is 0.222. The third-order valence-electron chi connectivity index (χ3n) is 7.44. The van der Waals surface area contributed by atoms with Crippen LogP contribution in [0.25, 0.3) is 0 Å². The number of nitro groups is 2. The van der Waals surface area contributed by atoms with Gasteiger partial charge in [-0.1, -0.05) is 0 Å². The summed E-state index contributed by atoms with van der Waals surface area (Å²) in [5, 5.41) is 64.5. The van der Waals surface area contributed by atoms with Crippen molar-refractivity contribution in [2.45, 2.75) is 38.9 Å². The smallest absolute Gasteiger partial charge is 0.272 e. The topological polar surface area (TPSA) is 251 Å². The molecule has 2 atom stereocenters. The molecule has 0 bridgehead atoms. The molecule has 2 amide bonds. The van der Waals surface area contributed by atoms with E-state index in [1.54, 1.807) is 12.1 Å². The molecule has 4 rings (SSSR count). The van der Waals surface area contributed by atoms with Gasteiger partial charge in [0.1, 0.15) is 48.5 Å². The molecule has 0 radical (unpaired) electrons. The number of benzene rings is 4. The number of nitro benzene ring substituents is 2. The molecule has 16 nitrogen and oxygen atoms in total. The van der Waals surface area contributed by atoms with Crippen molar-refractivity contribution in [1.29, 1.82) is 10.5 Å². The molecule has 4 N–H and O–H groups in total. The normalized spacial score (nSPS) is 12.6. The van der Waals surface area contributed by atoms with Crippen LogP contribution in [0.3, 0.4) is 0 Å². The Morgan fingerprint density at radius 2 is 1.06 bits per heavy atom. The van der Waals surface area contributed by atoms with Crippen LogP contribution < -0.4 is 20.1 Å². The first-order chi connectivity index (χ1) is 25.3. The predicted octanol–water partition coefficient (Wildman–Crippen LogP) is 5.37. The van der Waals surface area contributed by atoms with Gasteiger partial charge in [0, 0.05) is 46.8 Å². The zero-order chi connectivity index (χ0) is 40.4. The van der Waals surface area contributed by atoms with E-state index < -0.39 is 57.7 Å². The van der Waals surface area contributed by atoms with Crippen LogP contribution in [0.5, 0.6) is 11.5 Å². The van der Waals surface area contributed by atoms with E-state index >= 15 is 0 Å². The molecule has 280 valence electrons. The fourth-order valence-electron chi connectivity index (χ4n) is 4.34. The highest BCUT2D eigenvalue weighted by Gasteiger charge is 2.33. The zero-order valence-corrected chi connectivity index (χ0v) is 29.0. The number of nitriles is 2. The highest BCUT2D eigenvalue weighted by molar-refractivity contribution is 5.97. The maximum Gasteiger partial charge on any atom is 0.272 e. The number of hydrogen-bond donors (Lipinski definition) is 4. The third-order valence-corrected chi connectivity index (χ3v) is 7.44. The molecule has 2 unspecified atom stereocenters. The number of carbonyl (C=O) groups is 2. The van der Waals surface area contributed by atoms with E-state index in [0.717, 1.165) is 12.1 Å². The van der Waals surface area contributed by atoms with Crippen molar-refractivity contribution in [2.75, 3.05) is 23.8 Å². The van der Waals surface area contributed by atoms with Crippen LogP contribution in [0.15, 0.2) is 72.8 Å². The second-order valence-electron chi connectivity index (χ2n) is 12.1. The van der Waals surface area contributed by atoms with Gasteiger partial charge in [-0.15, -0.1) is 0 Å². The standard InChI is InChI=1S/2C18H16FN3O5/c2*1-11-7-13(4-6-16(11)22(25)26)21-17(23)18(2,24)10-27-14-5-3-12(9-20)15(19)8-14/h2*3-8,24H,10H2,1-2H3,(H,21,23). The number of rotatable bonds is 12. The quantitative estimate of drug-likeness (QED) is 0.106. The molecule has 0 saturated carbocycles. The van der Waals surface area contributed by atoms with Crippen LogP contribution in [0.4, 0.5) is 31.5 Å². The van der Waals surface area contributed by atoms with Crippen LogP contribution >= 0.6 is 0 Å². The van der Waals surface area contributed by atoms with E-state index in [4.69, 9.17) is 20.0 Å². The second kappa shape index (κ2) is 17.5. The number of carbonyl (C=O) groups excluding carboxylic acids is 2. The summed E-state index contributed by atoms with van der Waals surface area (Å²) in [7, 11) is 0. The van der Waals surface area contributed by atoms with Gasteiger partial charge in [-0.05, 0) is 76.2 Å². The second-order valence-corrected chi connectivity index (χ2v) is 12.1. The molecular formula is C36H32F2N6O10. The van der Waals surface area contributed by atoms with E-state index in [1.165, 1.54) is 88.4 Å². The average Bonchev–Trinajstić information content (AvgIpc) is 3.10. The van der Waals surface area contributed by atoms with Crippen LogP contribution in [-0.4, -0.2) is 56.3 Å². The highest BCUT2D eigenvalue weighted by atomic mass is 19.1. The number of amides is 2. The molecule has 0 fully saturated rings. The van der Waals surface area contributed by atoms with Crippen LogP contribution in [0.1, 0.15) is 36.1 Å². The SMILES string of the molecule is Cc1cc(NC(=O)C(C)(O)COc2ccc(C#N)c(F)c2)ccc1[N+](=O)[O-].Cc1cc(NC(=O)C(C)(O)COc2ccc(C#N)c(F)c2)ccc1[N+](=O)[O-]. The minimum atomic E-state index is -1.96. The Balaban J connectivity index is 0.000000290. The van der Waals surface area contributed by atoms with Crippen molar-refractivity contribution >= 4 is 34.6 Å². The maximum absolute atomic E-state index is 13.6. The van der Waals surface area contributed by atoms with Crippen molar-refractivity contribution in [3.05, 3.63) is 127 Å². The van der Waals surface area contributed by atoms with Crippen molar-refractivity contribution < 1.29 is 47.9 Å². The number of hydrogen-bond acceptors (Lipinski definition) is 12. The van der Waals surface area contributed by atoms with Crippen molar-refractivity contribution in [3.63, 3.8) is 0 Å².